The number of hydrogen-bond acceptors (Lipinski definition) is 5. The highest BCUT2D eigenvalue weighted by molar-refractivity contribution is 5.84. The van der Waals surface area contributed by atoms with Gasteiger partial charge in [0, 0.05) is 19.6 Å². The molecule has 0 unspecified atom stereocenters. The summed E-state index contributed by atoms with van der Waals surface area (Å²) in [5, 5.41) is 8.83. The van der Waals surface area contributed by atoms with Gasteiger partial charge in [0.15, 0.2) is 0 Å². The smallest absolute Gasteiger partial charge is 0.371 e. The van der Waals surface area contributed by atoms with E-state index >= 15 is 0 Å². The molecule has 2 aromatic rings. The number of morpholine rings is 1. The number of hydrogen-bond donors (Lipinski definition) is 1. The van der Waals surface area contributed by atoms with E-state index in [0.29, 0.717) is 11.9 Å². The van der Waals surface area contributed by atoms with Crippen molar-refractivity contribution < 1.29 is 23.8 Å². The molecule has 1 saturated heterocycles. The topological polar surface area (TPSA) is 72.1 Å². The van der Waals surface area contributed by atoms with Gasteiger partial charge in [-0.15, -0.1) is 0 Å². The van der Waals surface area contributed by atoms with E-state index in [1.807, 2.05) is 12.1 Å². The lowest BCUT2D eigenvalue weighted by Crippen LogP contribution is -2.41. The van der Waals surface area contributed by atoms with E-state index < -0.39 is 5.97 Å². The number of nitrogens with zero attached hydrogens (tertiary/aromatic N) is 1. The Morgan fingerprint density at radius 1 is 1.28 bits per heavy atom. The number of furan rings is 1. The van der Waals surface area contributed by atoms with Gasteiger partial charge in [-0.25, -0.2) is 4.79 Å². The average Bonchev–Trinajstić information content (AvgIpc) is 3.11. The molecule has 2 heterocycles. The molecule has 1 aromatic carbocycles. The standard InChI is InChI=1S/C19H23NO5/c1-2-15-12-20(9-10-23-15)11-14-3-5-16(6-4-14)24-13-17-7-8-18(25-17)19(21)22/h3-8,15H,2,9-13H2,1H3,(H,21,22)/t15-/m1/s1. The number of rotatable bonds is 7. The third-order valence-corrected chi connectivity index (χ3v) is 4.26. The second-order valence-corrected chi connectivity index (χ2v) is 6.14. The molecule has 25 heavy (non-hydrogen) atoms. The fraction of sp³-hybridized carbons (Fsp3) is 0.421. The van der Waals surface area contributed by atoms with Crippen LogP contribution in [0.4, 0.5) is 0 Å². The summed E-state index contributed by atoms with van der Waals surface area (Å²) in [5.41, 5.74) is 1.23. The van der Waals surface area contributed by atoms with Crippen molar-refractivity contribution in [2.75, 3.05) is 19.7 Å². The van der Waals surface area contributed by atoms with Crippen molar-refractivity contribution in [1.29, 1.82) is 0 Å². The van der Waals surface area contributed by atoms with Crippen LogP contribution in [0.2, 0.25) is 0 Å². The van der Waals surface area contributed by atoms with Crippen LogP contribution in [0, 0.1) is 0 Å². The average molecular weight is 345 g/mol. The summed E-state index contributed by atoms with van der Waals surface area (Å²) in [6, 6.07) is 11.0. The molecule has 134 valence electrons. The third-order valence-electron chi connectivity index (χ3n) is 4.26. The molecule has 1 atom stereocenters. The quantitative estimate of drug-likeness (QED) is 0.831. The largest absolute Gasteiger partial charge is 0.486 e. The lowest BCUT2D eigenvalue weighted by atomic mass is 10.1. The van der Waals surface area contributed by atoms with Crippen LogP contribution in [0.15, 0.2) is 40.8 Å². The Morgan fingerprint density at radius 3 is 2.76 bits per heavy atom. The maximum atomic E-state index is 10.8. The van der Waals surface area contributed by atoms with Gasteiger partial charge in [-0.2, -0.15) is 0 Å². The predicted octanol–water partition coefficient (Wildman–Crippen LogP) is 3.17. The lowest BCUT2D eigenvalue weighted by molar-refractivity contribution is -0.0324. The summed E-state index contributed by atoms with van der Waals surface area (Å²) < 4.78 is 16.5. The van der Waals surface area contributed by atoms with Gasteiger partial charge in [0.1, 0.15) is 18.1 Å². The number of benzene rings is 1. The predicted molar refractivity (Wildman–Crippen MR) is 91.7 cm³/mol. The Labute approximate surface area is 147 Å². The van der Waals surface area contributed by atoms with E-state index in [4.69, 9.17) is 19.0 Å². The molecule has 1 fully saturated rings. The maximum absolute atomic E-state index is 10.8. The second-order valence-electron chi connectivity index (χ2n) is 6.14. The van der Waals surface area contributed by atoms with Crippen molar-refractivity contribution in [2.45, 2.75) is 32.6 Å². The van der Waals surface area contributed by atoms with E-state index in [0.717, 1.165) is 38.4 Å². The van der Waals surface area contributed by atoms with Crippen LogP contribution in [-0.4, -0.2) is 41.8 Å². The highest BCUT2D eigenvalue weighted by Crippen LogP contribution is 2.18. The number of aromatic carboxylic acids is 1. The van der Waals surface area contributed by atoms with Gasteiger partial charge in [-0.3, -0.25) is 4.90 Å². The number of carboxylic acids is 1. The van der Waals surface area contributed by atoms with Gasteiger partial charge in [0.25, 0.3) is 0 Å². The Balaban J connectivity index is 1.50. The third kappa shape index (κ3) is 4.84. The maximum Gasteiger partial charge on any atom is 0.371 e. The van der Waals surface area contributed by atoms with Crippen LogP contribution in [0.25, 0.3) is 0 Å². The van der Waals surface area contributed by atoms with E-state index in [1.54, 1.807) is 6.07 Å². The molecule has 1 aromatic heterocycles. The van der Waals surface area contributed by atoms with Gasteiger partial charge >= 0.3 is 5.97 Å². The lowest BCUT2D eigenvalue weighted by Gasteiger charge is -2.32. The van der Waals surface area contributed by atoms with Crippen molar-refractivity contribution >= 4 is 5.97 Å². The molecule has 0 spiro atoms. The van der Waals surface area contributed by atoms with Crippen molar-refractivity contribution in [3.8, 4) is 5.75 Å². The fourth-order valence-corrected chi connectivity index (χ4v) is 2.85. The van der Waals surface area contributed by atoms with Crippen LogP contribution >= 0.6 is 0 Å². The summed E-state index contributed by atoms with van der Waals surface area (Å²) in [7, 11) is 0. The molecule has 1 aliphatic heterocycles. The summed E-state index contributed by atoms with van der Waals surface area (Å²) in [6.45, 7) is 5.98. The van der Waals surface area contributed by atoms with Crippen molar-refractivity contribution in [2.24, 2.45) is 0 Å². The molecular formula is C19H23NO5. The van der Waals surface area contributed by atoms with Crippen LogP contribution in [0.3, 0.4) is 0 Å². The molecule has 6 nitrogen and oxygen atoms in total. The second kappa shape index (κ2) is 8.18. The minimum atomic E-state index is -1.08. The molecule has 0 amide bonds. The summed E-state index contributed by atoms with van der Waals surface area (Å²) in [5.74, 6) is 0.0553. The van der Waals surface area contributed by atoms with Crippen molar-refractivity contribution in [1.82, 2.24) is 4.90 Å². The minimum absolute atomic E-state index is 0.0788. The highest BCUT2D eigenvalue weighted by Gasteiger charge is 2.18. The first-order valence-electron chi connectivity index (χ1n) is 8.51. The molecule has 0 bridgehead atoms. The van der Waals surface area contributed by atoms with E-state index in [9.17, 15) is 4.79 Å². The van der Waals surface area contributed by atoms with Crippen LogP contribution in [-0.2, 0) is 17.9 Å². The SMILES string of the molecule is CC[C@@H]1CN(Cc2ccc(OCc3ccc(C(=O)O)o3)cc2)CCO1. The van der Waals surface area contributed by atoms with E-state index in [-0.39, 0.29) is 12.4 Å². The molecule has 0 saturated carbocycles. The monoisotopic (exact) mass is 345 g/mol. The molecule has 0 radical (unpaired) electrons. The summed E-state index contributed by atoms with van der Waals surface area (Å²) in [4.78, 5) is 13.2. The molecule has 3 rings (SSSR count). The molecular weight excluding hydrogens is 322 g/mol. The Morgan fingerprint density at radius 2 is 2.08 bits per heavy atom. The Hall–Kier alpha value is -2.31. The number of carbonyl (C=O) groups is 1. The van der Waals surface area contributed by atoms with Gasteiger partial charge in [0.2, 0.25) is 5.76 Å². The first kappa shape index (κ1) is 17.5. The van der Waals surface area contributed by atoms with Gasteiger partial charge in [0.05, 0.1) is 12.7 Å². The van der Waals surface area contributed by atoms with Crippen LogP contribution in [0.5, 0.6) is 5.75 Å². The molecule has 0 aliphatic carbocycles. The number of ether oxygens (including phenoxy) is 2. The Bertz CT molecular complexity index is 694. The fourth-order valence-electron chi connectivity index (χ4n) is 2.85. The Kier molecular flexibility index (Phi) is 5.73. The zero-order chi connectivity index (χ0) is 17.6. The first-order chi connectivity index (χ1) is 12.1. The van der Waals surface area contributed by atoms with Crippen molar-refractivity contribution in [3.63, 3.8) is 0 Å². The van der Waals surface area contributed by atoms with Gasteiger partial charge in [-0.05, 0) is 36.2 Å². The first-order valence-corrected chi connectivity index (χ1v) is 8.51. The summed E-state index contributed by atoms with van der Waals surface area (Å²) in [6.07, 6.45) is 1.37. The molecule has 6 heteroatoms. The van der Waals surface area contributed by atoms with Gasteiger partial charge in [-0.1, -0.05) is 19.1 Å². The minimum Gasteiger partial charge on any atom is -0.486 e. The number of carboxylic acid groups (broad SMARTS) is 1. The van der Waals surface area contributed by atoms with E-state index in [1.165, 1.54) is 11.6 Å². The molecule has 1 N–H and O–H groups in total. The van der Waals surface area contributed by atoms with Gasteiger partial charge < -0.3 is 19.0 Å². The zero-order valence-electron chi connectivity index (χ0n) is 14.3. The zero-order valence-corrected chi connectivity index (χ0v) is 14.3. The van der Waals surface area contributed by atoms with Crippen LogP contribution < -0.4 is 4.74 Å². The van der Waals surface area contributed by atoms with Crippen molar-refractivity contribution in [3.05, 3.63) is 53.5 Å². The van der Waals surface area contributed by atoms with E-state index in [2.05, 4.69) is 24.0 Å². The van der Waals surface area contributed by atoms with Crippen LogP contribution in [0.1, 0.15) is 35.2 Å². The summed E-state index contributed by atoms with van der Waals surface area (Å²) >= 11 is 0. The normalized spacial score (nSPS) is 18.2. The highest BCUT2D eigenvalue weighted by atomic mass is 16.5. The molecule has 1 aliphatic rings.